The van der Waals surface area contributed by atoms with Gasteiger partial charge in [0.15, 0.2) is 11.5 Å². The number of hydrogen-bond donors (Lipinski definition) is 1. The minimum atomic E-state index is -0.236. The summed E-state index contributed by atoms with van der Waals surface area (Å²) in [6, 6.07) is 11.1. The van der Waals surface area contributed by atoms with Gasteiger partial charge in [0.25, 0.3) is 5.91 Å². The number of carbonyl (C=O) groups excluding carboxylic acids is 1. The molecule has 5 nitrogen and oxygen atoms in total. The monoisotopic (exact) mass is 374 g/mol. The molecule has 1 saturated heterocycles. The fourth-order valence-electron chi connectivity index (χ4n) is 3.14. The highest BCUT2D eigenvalue weighted by atomic mass is 35.5. The molecule has 138 valence electrons. The van der Waals surface area contributed by atoms with Crippen LogP contribution in [0.25, 0.3) is 0 Å². The number of benzene rings is 2. The number of para-hydroxylation sites is 2. The van der Waals surface area contributed by atoms with Gasteiger partial charge in [-0.1, -0.05) is 23.7 Å². The molecule has 0 saturated carbocycles. The smallest absolute Gasteiger partial charge is 0.255 e. The van der Waals surface area contributed by atoms with Gasteiger partial charge in [-0.3, -0.25) is 4.79 Å². The first kappa shape index (κ1) is 18.4. The van der Waals surface area contributed by atoms with Crippen LogP contribution in [0, 0.1) is 0 Å². The molecule has 1 amide bonds. The number of anilines is 2. The van der Waals surface area contributed by atoms with Crippen LogP contribution in [0.1, 0.15) is 30.1 Å². The topological polar surface area (TPSA) is 50.8 Å². The van der Waals surface area contributed by atoms with E-state index in [4.69, 9.17) is 21.1 Å². The van der Waals surface area contributed by atoms with Crippen molar-refractivity contribution in [3.05, 3.63) is 47.0 Å². The maximum Gasteiger partial charge on any atom is 0.255 e. The van der Waals surface area contributed by atoms with Crippen molar-refractivity contribution in [3.63, 3.8) is 0 Å². The lowest BCUT2D eigenvalue weighted by molar-refractivity contribution is 0.102. The molecule has 26 heavy (non-hydrogen) atoms. The zero-order chi connectivity index (χ0) is 18.5. The number of rotatable bonds is 6. The first-order valence-corrected chi connectivity index (χ1v) is 9.17. The minimum Gasteiger partial charge on any atom is -0.493 e. The van der Waals surface area contributed by atoms with E-state index < -0.39 is 0 Å². The van der Waals surface area contributed by atoms with Gasteiger partial charge in [0.05, 0.1) is 30.1 Å². The van der Waals surface area contributed by atoms with Crippen molar-refractivity contribution in [2.45, 2.75) is 19.8 Å². The minimum absolute atomic E-state index is 0.236. The van der Waals surface area contributed by atoms with Crippen LogP contribution >= 0.6 is 11.6 Å². The number of carbonyl (C=O) groups is 1. The second kappa shape index (κ2) is 8.32. The fourth-order valence-corrected chi connectivity index (χ4v) is 3.41. The predicted octanol–water partition coefficient (Wildman–Crippen LogP) is 4.60. The zero-order valence-corrected chi connectivity index (χ0v) is 15.8. The summed E-state index contributed by atoms with van der Waals surface area (Å²) in [6.45, 7) is 4.35. The Labute approximate surface area is 158 Å². The van der Waals surface area contributed by atoms with Crippen LogP contribution in [0.2, 0.25) is 5.02 Å². The van der Waals surface area contributed by atoms with Gasteiger partial charge < -0.3 is 19.7 Å². The number of hydrogen-bond acceptors (Lipinski definition) is 4. The van der Waals surface area contributed by atoms with Gasteiger partial charge in [0, 0.05) is 18.7 Å². The maximum atomic E-state index is 12.8. The van der Waals surface area contributed by atoms with E-state index in [1.807, 2.05) is 31.2 Å². The summed E-state index contributed by atoms with van der Waals surface area (Å²) in [7, 11) is 1.53. The van der Waals surface area contributed by atoms with E-state index in [-0.39, 0.29) is 5.91 Å². The van der Waals surface area contributed by atoms with E-state index in [9.17, 15) is 4.79 Å². The van der Waals surface area contributed by atoms with Crippen molar-refractivity contribution >= 4 is 28.9 Å². The SMILES string of the molecule is CCOc1c(Cl)cc(C(=O)Nc2ccccc2N2CCCC2)cc1OC. The molecular formula is C20H23ClN2O3. The summed E-state index contributed by atoms with van der Waals surface area (Å²) < 4.78 is 10.8. The standard InChI is InChI=1S/C20H23ClN2O3/c1-3-26-19-15(21)12-14(13-18(19)25-2)20(24)22-16-8-4-5-9-17(16)23-10-6-7-11-23/h4-5,8-9,12-13H,3,6-7,10-11H2,1-2H3,(H,22,24). The van der Waals surface area contributed by atoms with Crippen LogP contribution in [-0.4, -0.2) is 32.7 Å². The van der Waals surface area contributed by atoms with Gasteiger partial charge in [-0.2, -0.15) is 0 Å². The summed E-state index contributed by atoms with van der Waals surface area (Å²) in [4.78, 5) is 15.1. The fraction of sp³-hybridized carbons (Fsp3) is 0.350. The Morgan fingerprint density at radius 3 is 2.65 bits per heavy atom. The van der Waals surface area contributed by atoms with E-state index in [1.54, 1.807) is 12.1 Å². The van der Waals surface area contributed by atoms with Crippen LogP contribution in [-0.2, 0) is 0 Å². The third-order valence-corrected chi connectivity index (χ3v) is 4.66. The molecule has 0 aromatic heterocycles. The van der Waals surface area contributed by atoms with Crippen LogP contribution in [0.5, 0.6) is 11.5 Å². The highest BCUT2D eigenvalue weighted by Crippen LogP contribution is 2.37. The molecule has 1 aliphatic rings. The van der Waals surface area contributed by atoms with Gasteiger partial charge in [-0.15, -0.1) is 0 Å². The summed E-state index contributed by atoms with van der Waals surface area (Å²) in [5, 5.41) is 3.35. The van der Waals surface area contributed by atoms with E-state index >= 15 is 0 Å². The number of halogens is 1. The first-order chi connectivity index (χ1) is 12.6. The van der Waals surface area contributed by atoms with Crippen molar-refractivity contribution in [3.8, 4) is 11.5 Å². The van der Waals surface area contributed by atoms with Gasteiger partial charge in [-0.05, 0) is 44.0 Å². The van der Waals surface area contributed by atoms with Gasteiger partial charge in [0.2, 0.25) is 0 Å². The Kier molecular flexibility index (Phi) is 5.89. The second-order valence-corrected chi connectivity index (χ2v) is 6.50. The summed E-state index contributed by atoms with van der Waals surface area (Å²) in [5.74, 6) is 0.655. The van der Waals surface area contributed by atoms with Crippen LogP contribution in [0.3, 0.4) is 0 Å². The largest absolute Gasteiger partial charge is 0.493 e. The molecule has 1 aliphatic heterocycles. The quantitative estimate of drug-likeness (QED) is 0.802. The molecule has 1 N–H and O–H groups in total. The van der Waals surface area contributed by atoms with Gasteiger partial charge >= 0.3 is 0 Å². The Morgan fingerprint density at radius 1 is 1.23 bits per heavy atom. The Morgan fingerprint density at radius 2 is 1.96 bits per heavy atom. The molecular weight excluding hydrogens is 352 g/mol. The van der Waals surface area contributed by atoms with Crippen molar-refractivity contribution in [2.75, 3.05) is 37.0 Å². The number of nitrogens with zero attached hydrogens (tertiary/aromatic N) is 1. The lowest BCUT2D eigenvalue weighted by atomic mass is 10.1. The second-order valence-electron chi connectivity index (χ2n) is 6.09. The summed E-state index contributed by atoms with van der Waals surface area (Å²) in [5.41, 5.74) is 2.26. The van der Waals surface area contributed by atoms with Crippen LogP contribution < -0.4 is 19.7 Å². The van der Waals surface area contributed by atoms with E-state index in [0.717, 1.165) is 24.5 Å². The Bertz CT molecular complexity index is 789. The Hall–Kier alpha value is -2.40. The van der Waals surface area contributed by atoms with Crippen molar-refractivity contribution in [2.24, 2.45) is 0 Å². The Balaban J connectivity index is 1.86. The lowest BCUT2D eigenvalue weighted by Crippen LogP contribution is -2.21. The van der Waals surface area contributed by atoms with E-state index in [1.165, 1.54) is 20.0 Å². The van der Waals surface area contributed by atoms with Crippen LogP contribution in [0.15, 0.2) is 36.4 Å². The average Bonchev–Trinajstić information content (AvgIpc) is 3.18. The van der Waals surface area contributed by atoms with Crippen molar-refractivity contribution in [1.29, 1.82) is 0 Å². The van der Waals surface area contributed by atoms with Gasteiger partial charge in [0.1, 0.15) is 0 Å². The molecule has 2 aromatic carbocycles. The van der Waals surface area contributed by atoms with E-state index in [2.05, 4.69) is 10.2 Å². The molecule has 6 heteroatoms. The molecule has 0 radical (unpaired) electrons. The first-order valence-electron chi connectivity index (χ1n) is 8.79. The molecule has 1 fully saturated rings. The number of amides is 1. The maximum absolute atomic E-state index is 12.8. The lowest BCUT2D eigenvalue weighted by Gasteiger charge is -2.21. The molecule has 2 aromatic rings. The third kappa shape index (κ3) is 3.88. The molecule has 1 heterocycles. The normalized spacial score (nSPS) is 13.6. The van der Waals surface area contributed by atoms with Crippen molar-refractivity contribution < 1.29 is 14.3 Å². The average molecular weight is 375 g/mol. The number of ether oxygens (including phenoxy) is 2. The summed E-state index contributed by atoms with van der Waals surface area (Å²) in [6.07, 6.45) is 2.35. The van der Waals surface area contributed by atoms with Crippen LogP contribution in [0.4, 0.5) is 11.4 Å². The molecule has 0 aliphatic carbocycles. The highest BCUT2D eigenvalue weighted by Gasteiger charge is 2.19. The van der Waals surface area contributed by atoms with Crippen molar-refractivity contribution in [1.82, 2.24) is 0 Å². The molecule has 0 bridgehead atoms. The molecule has 0 atom stereocenters. The third-order valence-electron chi connectivity index (χ3n) is 4.38. The predicted molar refractivity (Wildman–Crippen MR) is 105 cm³/mol. The summed E-state index contributed by atoms with van der Waals surface area (Å²) >= 11 is 6.28. The molecule has 0 unspecified atom stereocenters. The van der Waals surface area contributed by atoms with Gasteiger partial charge in [-0.25, -0.2) is 0 Å². The molecule has 0 spiro atoms. The number of nitrogens with one attached hydrogen (secondary N) is 1. The van der Waals surface area contributed by atoms with E-state index in [0.29, 0.717) is 28.7 Å². The zero-order valence-electron chi connectivity index (χ0n) is 15.0. The molecule has 3 rings (SSSR count). The number of methoxy groups -OCH3 is 1. The highest BCUT2D eigenvalue weighted by molar-refractivity contribution is 6.32.